The van der Waals surface area contributed by atoms with Gasteiger partial charge in [0.25, 0.3) is 0 Å². The highest BCUT2D eigenvalue weighted by atomic mass is 32.1. The van der Waals surface area contributed by atoms with Crippen molar-refractivity contribution in [2.45, 2.75) is 6.54 Å². The van der Waals surface area contributed by atoms with Gasteiger partial charge in [0.1, 0.15) is 5.82 Å². The van der Waals surface area contributed by atoms with Crippen LogP contribution in [0.25, 0.3) is 0 Å². The number of amides is 2. The van der Waals surface area contributed by atoms with Crippen LogP contribution in [-0.2, 0) is 16.1 Å². The lowest BCUT2D eigenvalue weighted by Crippen LogP contribution is -2.49. The van der Waals surface area contributed by atoms with Crippen LogP contribution in [0.4, 0.5) is 10.1 Å². The van der Waals surface area contributed by atoms with Crippen molar-refractivity contribution in [1.29, 1.82) is 0 Å². The zero-order valence-electron chi connectivity index (χ0n) is 15.0. The quantitative estimate of drug-likeness (QED) is 0.733. The number of piperazine rings is 1. The van der Waals surface area contributed by atoms with Gasteiger partial charge in [-0.25, -0.2) is 4.39 Å². The molecule has 0 atom stereocenters. The number of anilines is 1. The molecule has 0 saturated carbocycles. The van der Waals surface area contributed by atoms with Crippen LogP contribution < -0.4 is 15.5 Å². The summed E-state index contributed by atoms with van der Waals surface area (Å²) in [7, 11) is 0. The Morgan fingerprint density at radius 3 is 2.44 bits per heavy atom. The van der Waals surface area contributed by atoms with Gasteiger partial charge in [0.05, 0.1) is 12.2 Å². The molecule has 6 nitrogen and oxygen atoms in total. The van der Waals surface area contributed by atoms with Crippen LogP contribution in [0.15, 0.2) is 41.8 Å². The molecule has 1 aliphatic rings. The molecule has 1 aromatic heterocycles. The smallest absolute Gasteiger partial charge is 0.309 e. The largest absolute Gasteiger partial charge is 0.367 e. The van der Waals surface area contributed by atoms with Gasteiger partial charge < -0.3 is 15.5 Å². The summed E-state index contributed by atoms with van der Waals surface area (Å²) in [4.78, 5) is 28.8. The van der Waals surface area contributed by atoms with E-state index in [4.69, 9.17) is 0 Å². The van der Waals surface area contributed by atoms with Crippen molar-refractivity contribution in [2.24, 2.45) is 0 Å². The molecule has 27 heavy (non-hydrogen) atoms. The second-order valence-electron chi connectivity index (χ2n) is 6.30. The lowest BCUT2D eigenvalue weighted by molar-refractivity contribution is -0.139. The van der Waals surface area contributed by atoms with E-state index in [0.29, 0.717) is 25.3 Å². The first-order valence-electron chi connectivity index (χ1n) is 8.94. The molecule has 2 aromatic rings. The van der Waals surface area contributed by atoms with Gasteiger partial charge in [-0.2, -0.15) is 0 Å². The fourth-order valence-electron chi connectivity index (χ4n) is 2.99. The summed E-state index contributed by atoms with van der Waals surface area (Å²) in [6.07, 6.45) is 0. The van der Waals surface area contributed by atoms with Crippen molar-refractivity contribution >= 4 is 28.8 Å². The molecule has 8 heteroatoms. The molecule has 0 aliphatic carbocycles. The minimum atomic E-state index is -0.618. The number of halogens is 1. The minimum absolute atomic E-state index is 0.202. The van der Waals surface area contributed by atoms with Crippen molar-refractivity contribution in [3.63, 3.8) is 0 Å². The van der Waals surface area contributed by atoms with E-state index in [9.17, 15) is 14.0 Å². The van der Waals surface area contributed by atoms with Gasteiger partial charge in [0.2, 0.25) is 0 Å². The molecule has 144 valence electrons. The van der Waals surface area contributed by atoms with E-state index >= 15 is 0 Å². The summed E-state index contributed by atoms with van der Waals surface area (Å²) in [5.41, 5.74) is 0.632. The molecule has 0 radical (unpaired) electrons. The highest BCUT2D eigenvalue weighted by Gasteiger charge is 2.19. The molecule has 2 amide bonds. The molecule has 3 rings (SSSR count). The maximum Gasteiger partial charge on any atom is 0.309 e. The highest BCUT2D eigenvalue weighted by molar-refractivity contribution is 7.09. The van der Waals surface area contributed by atoms with Crippen molar-refractivity contribution < 1.29 is 14.0 Å². The third-order valence-corrected chi connectivity index (χ3v) is 5.36. The number of para-hydroxylation sites is 1. The predicted octanol–water partition coefficient (Wildman–Crippen LogP) is 1.44. The first-order valence-corrected chi connectivity index (χ1v) is 9.81. The van der Waals surface area contributed by atoms with E-state index in [0.717, 1.165) is 31.1 Å². The Morgan fingerprint density at radius 1 is 1.00 bits per heavy atom. The van der Waals surface area contributed by atoms with E-state index in [1.54, 1.807) is 12.1 Å². The summed E-state index contributed by atoms with van der Waals surface area (Å²) in [6.45, 7) is 4.47. The second kappa shape index (κ2) is 9.48. The van der Waals surface area contributed by atoms with E-state index in [-0.39, 0.29) is 5.82 Å². The lowest BCUT2D eigenvalue weighted by atomic mass is 10.2. The average Bonchev–Trinajstić information content (AvgIpc) is 3.21. The normalized spacial score (nSPS) is 14.8. The van der Waals surface area contributed by atoms with Gasteiger partial charge in [-0.05, 0) is 23.6 Å². The number of benzene rings is 1. The Balaban J connectivity index is 1.33. The Bertz CT molecular complexity index is 761. The summed E-state index contributed by atoms with van der Waals surface area (Å²) in [5, 5.41) is 7.18. The van der Waals surface area contributed by atoms with Gasteiger partial charge in [0, 0.05) is 44.1 Å². The van der Waals surface area contributed by atoms with Crippen LogP contribution in [-0.4, -0.2) is 56.0 Å². The Labute approximate surface area is 162 Å². The second-order valence-corrected chi connectivity index (χ2v) is 7.33. The van der Waals surface area contributed by atoms with Crippen LogP contribution >= 0.6 is 11.3 Å². The topological polar surface area (TPSA) is 64.7 Å². The van der Waals surface area contributed by atoms with Crippen molar-refractivity contribution in [2.75, 3.05) is 44.2 Å². The van der Waals surface area contributed by atoms with Gasteiger partial charge in [0.15, 0.2) is 0 Å². The fraction of sp³-hybridized carbons (Fsp3) is 0.368. The summed E-state index contributed by atoms with van der Waals surface area (Å²) < 4.78 is 13.9. The molecule has 2 heterocycles. The van der Waals surface area contributed by atoms with Crippen LogP contribution in [0.3, 0.4) is 0 Å². The molecular weight excluding hydrogens is 367 g/mol. The van der Waals surface area contributed by atoms with E-state index < -0.39 is 11.8 Å². The van der Waals surface area contributed by atoms with Gasteiger partial charge >= 0.3 is 11.8 Å². The summed E-state index contributed by atoms with van der Waals surface area (Å²) >= 11 is 1.53. The molecular formula is C19H23FN4O2S. The minimum Gasteiger partial charge on any atom is -0.367 e. The molecule has 2 N–H and O–H groups in total. The number of nitrogens with one attached hydrogen (secondary N) is 2. The number of carbonyl (C=O) groups excluding carboxylic acids is 2. The average molecular weight is 390 g/mol. The molecule has 1 fully saturated rings. The Hall–Kier alpha value is -2.45. The third-order valence-electron chi connectivity index (χ3n) is 4.49. The summed E-state index contributed by atoms with van der Waals surface area (Å²) in [6, 6.07) is 10.6. The number of nitrogens with zero attached hydrogens (tertiary/aromatic N) is 2. The van der Waals surface area contributed by atoms with Crippen LogP contribution in [0, 0.1) is 5.82 Å². The van der Waals surface area contributed by atoms with Gasteiger partial charge in [-0.1, -0.05) is 18.2 Å². The zero-order valence-corrected chi connectivity index (χ0v) is 15.8. The van der Waals surface area contributed by atoms with E-state index in [1.165, 1.54) is 17.4 Å². The Kier molecular flexibility index (Phi) is 6.78. The predicted molar refractivity (Wildman–Crippen MR) is 104 cm³/mol. The molecule has 1 aliphatic heterocycles. The molecule has 0 bridgehead atoms. The number of hydrogen-bond acceptors (Lipinski definition) is 5. The summed E-state index contributed by atoms with van der Waals surface area (Å²) in [5.74, 6) is -1.43. The highest BCUT2D eigenvalue weighted by Crippen LogP contribution is 2.19. The molecule has 0 spiro atoms. The van der Waals surface area contributed by atoms with Crippen LogP contribution in [0.5, 0.6) is 0 Å². The van der Waals surface area contributed by atoms with Gasteiger partial charge in [-0.3, -0.25) is 14.5 Å². The first kappa shape index (κ1) is 19.3. The number of carbonyl (C=O) groups is 2. The van der Waals surface area contributed by atoms with Gasteiger partial charge in [-0.15, -0.1) is 11.3 Å². The van der Waals surface area contributed by atoms with Crippen LogP contribution in [0.1, 0.15) is 4.88 Å². The van der Waals surface area contributed by atoms with E-state index in [2.05, 4.69) is 15.5 Å². The SMILES string of the molecule is O=C(NCCN1CCN(c2ccccc2F)CC1)C(=O)NCc1cccs1. The van der Waals surface area contributed by atoms with E-state index in [1.807, 2.05) is 28.5 Å². The maximum atomic E-state index is 13.9. The van der Waals surface area contributed by atoms with Crippen molar-refractivity contribution in [3.8, 4) is 0 Å². The molecule has 0 unspecified atom stereocenters. The third kappa shape index (κ3) is 5.51. The first-order chi connectivity index (χ1) is 13.1. The Morgan fingerprint density at radius 2 is 1.74 bits per heavy atom. The standard InChI is InChI=1S/C19H23FN4O2S/c20-16-5-1-2-6-17(16)24-11-9-23(10-12-24)8-7-21-18(25)19(26)22-14-15-4-3-13-27-15/h1-6,13H,7-12,14H2,(H,21,25)(H,22,26). The fourth-order valence-corrected chi connectivity index (χ4v) is 3.63. The number of hydrogen-bond donors (Lipinski definition) is 2. The number of rotatable bonds is 6. The number of thiophene rings is 1. The van der Waals surface area contributed by atoms with Crippen molar-refractivity contribution in [1.82, 2.24) is 15.5 Å². The zero-order chi connectivity index (χ0) is 19.1. The lowest BCUT2D eigenvalue weighted by Gasteiger charge is -2.36. The monoisotopic (exact) mass is 390 g/mol. The van der Waals surface area contributed by atoms with Crippen molar-refractivity contribution in [3.05, 3.63) is 52.5 Å². The molecule has 1 aromatic carbocycles. The van der Waals surface area contributed by atoms with Crippen LogP contribution in [0.2, 0.25) is 0 Å². The maximum absolute atomic E-state index is 13.9. The molecule has 1 saturated heterocycles.